The summed E-state index contributed by atoms with van der Waals surface area (Å²) in [6.45, 7) is 2.60. The number of H-pyrrole nitrogens is 1. The van der Waals surface area contributed by atoms with Crippen LogP contribution in [0.2, 0.25) is 0 Å². The lowest BCUT2D eigenvalue weighted by molar-refractivity contribution is 0.0729. The minimum Gasteiger partial charge on any atom is -0.330 e. The normalized spacial score (nSPS) is 10.8. The van der Waals surface area contributed by atoms with Gasteiger partial charge in [0.05, 0.1) is 12.1 Å². The lowest BCUT2D eigenvalue weighted by Gasteiger charge is -2.23. The van der Waals surface area contributed by atoms with Crippen molar-refractivity contribution in [1.82, 2.24) is 14.9 Å². The number of aryl methyl sites for hydroxylation is 1. The molecule has 5 heteroatoms. The van der Waals surface area contributed by atoms with Crippen molar-refractivity contribution >= 4 is 16.8 Å². The van der Waals surface area contributed by atoms with Gasteiger partial charge in [-0.3, -0.25) is 14.6 Å². The molecule has 0 aliphatic heterocycles. The number of benzene rings is 2. The van der Waals surface area contributed by atoms with E-state index in [0.717, 1.165) is 22.0 Å². The first-order chi connectivity index (χ1) is 14.1. The number of nitrogens with one attached hydrogen (secondary N) is 1. The van der Waals surface area contributed by atoms with E-state index in [1.54, 1.807) is 29.4 Å². The second-order valence-corrected chi connectivity index (χ2v) is 7.10. The van der Waals surface area contributed by atoms with Gasteiger partial charge in [-0.1, -0.05) is 42.5 Å². The highest BCUT2D eigenvalue weighted by Gasteiger charge is 2.18. The molecule has 2 aromatic carbocycles. The summed E-state index contributed by atoms with van der Waals surface area (Å²) in [5, 5.41) is 0.943. The number of fused-ring (bicyclic) bond motifs is 1. The maximum absolute atomic E-state index is 13.1. The van der Waals surface area contributed by atoms with Crippen molar-refractivity contribution < 1.29 is 4.79 Å². The van der Waals surface area contributed by atoms with E-state index in [2.05, 4.69) is 9.97 Å². The summed E-state index contributed by atoms with van der Waals surface area (Å²) in [4.78, 5) is 34.5. The lowest BCUT2D eigenvalue weighted by Crippen LogP contribution is -2.32. The minimum absolute atomic E-state index is 0.162. The van der Waals surface area contributed by atoms with Gasteiger partial charge < -0.3 is 9.88 Å². The first kappa shape index (κ1) is 18.6. The first-order valence-corrected chi connectivity index (χ1v) is 9.46. The number of carbonyl (C=O) groups excluding carboxylic acids is 1. The molecule has 29 heavy (non-hydrogen) atoms. The SMILES string of the molecule is Cc1ccc2cc(CN(Cc3ccccc3)C(=O)c3cccnc3)c(=O)[nH]c2c1. The topological polar surface area (TPSA) is 66.1 Å². The Kier molecular flexibility index (Phi) is 5.20. The molecular weight excluding hydrogens is 362 g/mol. The summed E-state index contributed by atoms with van der Waals surface area (Å²) in [6, 6.07) is 21.0. The Balaban J connectivity index is 1.70. The van der Waals surface area contributed by atoms with Gasteiger partial charge in [-0.2, -0.15) is 0 Å². The second-order valence-electron chi connectivity index (χ2n) is 7.10. The molecule has 0 spiro atoms. The van der Waals surface area contributed by atoms with Crippen LogP contribution in [0.1, 0.15) is 27.0 Å². The monoisotopic (exact) mass is 383 g/mol. The number of nitrogens with zero attached hydrogens (tertiary/aromatic N) is 2. The fourth-order valence-corrected chi connectivity index (χ4v) is 3.36. The van der Waals surface area contributed by atoms with Crippen molar-refractivity contribution in [2.24, 2.45) is 0 Å². The Labute approximate surface area is 168 Å². The van der Waals surface area contributed by atoms with Crippen LogP contribution < -0.4 is 5.56 Å². The van der Waals surface area contributed by atoms with Crippen LogP contribution in [0.25, 0.3) is 10.9 Å². The molecule has 1 amide bonds. The standard InChI is InChI=1S/C24H21N3O2/c1-17-9-10-19-13-21(23(28)26-22(19)12-17)16-27(15-18-6-3-2-4-7-18)24(29)20-8-5-11-25-14-20/h2-14H,15-16H2,1H3,(H,26,28). The van der Waals surface area contributed by atoms with Crippen molar-refractivity contribution in [2.45, 2.75) is 20.0 Å². The molecule has 144 valence electrons. The van der Waals surface area contributed by atoms with Crippen LogP contribution in [-0.2, 0) is 13.1 Å². The average Bonchev–Trinajstić information content (AvgIpc) is 2.74. The van der Waals surface area contributed by atoms with Crippen LogP contribution in [0.3, 0.4) is 0 Å². The van der Waals surface area contributed by atoms with E-state index < -0.39 is 0 Å². The van der Waals surface area contributed by atoms with Crippen LogP contribution in [0, 0.1) is 6.92 Å². The molecule has 0 unspecified atom stereocenters. The van der Waals surface area contributed by atoms with Crippen molar-refractivity contribution in [3.63, 3.8) is 0 Å². The molecule has 5 nitrogen and oxygen atoms in total. The third kappa shape index (κ3) is 4.24. The Morgan fingerprint density at radius 3 is 2.59 bits per heavy atom. The quantitative estimate of drug-likeness (QED) is 0.565. The largest absolute Gasteiger partial charge is 0.330 e. The molecule has 0 radical (unpaired) electrons. The molecule has 0 aliphatic rings. The van der Waals surface area contributed by atoms with E-state index in [0.29, 0.717) is 17.7 Å². The minimum atomic E-state index is -0.180. The highest BCUT2D eigenvalue weighted by Crippen LogP contribution is 2.16. The van der Waals surface area contributed by atoms with Crippen LogP contribution in [0.15, 0.2) is 83.9 Å². The zero-order valence-corrected chi connectivity index (χ0v) is 16.1. The van der Waals surface area contributed by atoms with E-state index in [1.165, 1.54) is 0 Å². The van der Waals surface area contributed by atoms with Gasteiger partial charge in [0.25, 0.3) is 11.5 Å². The van der Waals surface area contributed by atoms with E-state index >= 15 is 0 Å². The van der Waals surface area contributed by atoms with Crippen molar-refractivity contribution in [1.29, 1.82) is 0 Å². The van der Waals surface area contributed by atoms with E-state index in [9.17, 15) is 9.59 Å². The number of hydrogen-bond donors (Lipinski definition) is 1. The van der Waals surface area contributed by atoms with Crippen molar-refractivity contribution in [3.8, 4) is 0 Å². The number of aromatic amines is 1. The summed E-state index contributed by atoms with van der Waals surface area (Å²) < 4.78 is 0. The zero-order valence-electron chi connectivity index (χ0n) is 16.1. The number of carbonyl (C=O) groups is 1. The molecule has 0 atom stereocenters. The Morgan fingerprint density at radius 1 is 1.00 bits per heavy atom. The van der Waals surface area contributed by atoms with Gasteiger partial charge in [0.1, 0.15) is 0 Å². The van der Waals surface area contributed by atoms with Gasteiger partial charge in [-0.15, -0.1) is 0 Å². The number of pyridine rings is 2. The lowest BCUT2D eigenvalue weighted by atomic mass is 10.1. The van der Waals surface area contributed by atoms with Crippen LogP contribution in [0.4, 0.5) is 0 Å². The molecule has 2 aromatic heterocycles. The first-order valence-electron chi connectivity index (χ1n) is 9.46. The Bertz CT molecular complexity index is 1200. The maximum Gasteiger partial charge on any atom is 0.256 e. The van der Waals surface area contributed by atoms with Gasteiger partial charge in [0.2, 0.25) is 0 Å². The molecular formula is C24H21N3O2. The van der Waals surface area contributed by atoms with E-state index in [1.807, 2.05) is 61.5 Å². The van der Waals surface area contributed by atoms with Gasteiger partial charge in [0, 0.05) is 30.0 Å². The predicted octanol–water partition coefficient (Wildman–Crippen LogP) is 4.07. The fourth-order valence-electron chi connectivity index (χ4n) is 3.36. The molecule has 0 saturated carbocycles. The third-order valence-corrected chi connectivity index (χ3v) is 4.85. The highest BCUT2D eigenvalue weighted by atomic mass is 16.2. The van der Waals surface area contributed by atoms with E-state index in [-0.39, 0.29) is 18.0 Å². The third-order valence-electron chi connectivity index (χ3n) is 4.85. The number of amides is 1. The maximum atomic E-state index is 13.1. The Morgan fingerprint density at radius 2 is 1.83 bits per heavy atom. The molecule has 1 N–H and O–H groups in total. The van der Waals surface area contributed by atoms with Gasteiger partial charge in [0.15, 0.2) is 0 Å². The van der Waals surface area contributed by atoms with E-state index in [4.69, 9.17) is 0 Å². The summed E-state index contributed by atoms with van der Waals surface area (Å²) >= 11 is 0. The smallest absolute Gasteiger partial charge is 0.256 e. The molecule has 4 rings (SSSR count). The fraction of sp³-hybridized carbons (Fsp3) is 0.125. The van der Waals surface area contributed by atoms with Crippen molar-refractivity contribution in [2.75, 3.05) is 0 Å². The molecule has 0 aliphatic carbocycles. The average molecular weight is 383 g/mol. The summed E-state index contributed by atoms with van der Waals surface area (Å²) in [5.41, 5.74) is 3.74. The second kappa shape index (κ2) is 8.10. The van der Waals surface area contributed by atoms with Crippen LogP contribution in [-0.4, -0.2) is 20.8 Å². The molecule has 4 aromatic rings. The van der Waals surface area contributed by atoms with Crippen molar-refractivity contribution in [3.05, 3.63) is 112 Å². The van der Waals surface area contributed by atoms with Crippen LogP contribution in [0.5, 0.6) is 0 Å². The Hall–Kier alpha value is -3.73. The van der Waals surface area contributed by atoms with Gasteiger partial charge >= 0.3 is 0 Å². The zero-order chi connectivity index (χ0) is 20.2. The molecule has 0 bridgehead atoms. The summed E-state index contributed by atoms with van der Waals surface area (Å²) in [6.07, 6.45) is 3.18. The predicted molar refractivity (Wildman–Crippen MR) is 114 cm³/mol. The van der Waals surface area contributed by atoms with Gasteiger partial charge in [-0.05, 0) is 47.7 Å². The summed E-state index contributed by atoms with van der Waals surface area (Å²) in [5.74, 6) is -0.162. The number of hydrogen-bond acceptors (Lipinski definition) is 3. The molecule has 0 saturated heterocycles. The number of rotatable bonds is 5. The number of aromatic nitrogens is 2. The highest BCUT2D eigenvalue weighted by molar-refractivity contribution is 5.93. The van der Waals surface area contributed by atoms with Crippen LogP contribution >= 0.6 is 0 Å². The molecule has 2 heterocycles. The molecule has 0 fully saturated rings. The van der Waals surface area contributed by atoms with Gasteiger partial charge in [-0.25, -0.2) is 0 Å². The summed E-state index contributed by atoms with van der Waals surface area (Å²) in [7, 11) is 0.